The lowest BCUT2D eigenvalue weighted by Gasteiger charge is -2.32. The number of hydrogen-bond acceptors (Lipinski definition) is 2. The van der Waals surface area contributed by atoms with Crippen molar-refractivity contribution < 1.29 is 14.7 Å². The van der Waals surface area contributed by atoms with Gasteiger partial charge in [0, 0.05) is 20.0 Å². The first-order chi connectivity index (χ1) is 6.52. The van der Waals surface area contributed by atoms with Crippen LogP contribution < -0.4 is 0 Å². The monoisotopic (exact) mass is 199 g/mol. The van der Waals surface area contributed by atoms with E-state index in [2.05, 4.69) is 0 Å². The Morgan fingerprint density at radius 1 is 1.21 bits per heavy atom. The fourth-order valence-corrected chi connectivity index (χ4v) is 1.97. The van der Waals surface area contributed by atoms with Crippen LogP contribution in [0.4, 0.5) is 0 Å². The summed E-state index contributed by atoms with van der Waals surface area (Å²) in [5.74, 6) is -0.843. The Labute approximate surface area is 83.9 Å². The summed E-state index contributed by atoms with van der Waals surface area (Å²) in [7, 11) is 1.79. The van der Waals surface area contributed by atoms with E-state index in [9.17, 15) is 9.59 Å². The smallest absolute Gasteiger partial charge is 0.306 e. The number of aliphatic carboxylic acids is 1. The van der Waals surface area contributed by atoms with Crippen molar-refractivity contribution in [2.75, 3.05) is 7.05 Å². The van der Waals surface area contributed by atoms with E-state index in [0.29, 0.717) is 12.8 Å². The maximum absolute atomic E-state index is 11.1. The molecule has 0 aromatic carbocycles. The molecule has 0 unspecified atom stereocenters. The molecule has 0 aromatic rings. The third-order valence-corrected chi connectivity index (χ3v) is 3.09. The summed E-state index contributed by atoms with van der Waals surface area (Å²) in [4.78, 5) is 23.5. The summed E-state index contributed by atoms with van der Waals surface area (Å²) in [6, 6.07) is 0.239. The highest BCUT2D eigenvalue weighted by atomic mass is 16.4. The molecule has 0 aliphatic heterocycles. The van der Waals surface area contributed by atoms with Crippen molar-refractivity contribution in [2.45, 2.75) is 38.6 Å². The van der Waals surface area contributed by atoms with Crippen molar-refractivity contribution in [3.8, 4) is 0 Å². The van der Waals surface area contributed by atoms with E-state index in [0.717, 1.165) is 12.8 Å². The minimum Gasteiger partial charge on any atom is -0.481 e. The van der Waals surface area contributed by atoms with Gasteiger partial charge in [-0.15, -0.1) is 0 Å². The number of hydrogen-bond donors (Lipinski definition) is 1. The van der Waals surface area contributed by atoms with Crippen molar-refractivity contribution in [2.24, 2.45) is 5.92 Å². The molecule has 1 fully saturated rings. The molecule has 1 N–H and O–H groups in total. The van der Waals surface area contributed by atoms with E-state index >= 15 is 0 Å². The SMILES string of the molecule is CC(=O)N(C)[C@H]1CC[C@H](C(=O)O)CC1. The van der Waals surface area contributed by atoms with Gasteiger partial charge >= 0.3 is 5.97 Å². The lowest BCUT2D eigenvalue weighted by Crippen LogP contribution is -2.39. The van der Waals surface area contributed by atoms with Gasteiger partial charge in [-0.1, -0.05) is 0 Å². The summed E-state index contributed by atoms with van der Waals surface area (Å²) in [6.45, 7) is 1.54. The Morgan fingerprint density at radius 3 is 2.07 bits per heavy atom. The molecular weight excluding hydrogens is 182 g/mol. The van der Waals surface area contributed by atoms with Crippen LogP contribution in [0.3, 0.4) is 0 Å². The molecule has 1 amide bonds. The number of carbonyl (C=O) groups is 2. The second-order valence-electron chi connectivity index (χ2n) is 3.97. The lowest BCUT2D eigenvalue weighted by molar-refractivity contribution is -0.143. The van der Waals surface area contributed by atoms with Gasteiger partial charge in [-0.05, 0) is 25.7 Å². The quantitative estimate of drug-likeness (QED) is 0.724. The van der Waals surface area contributed by atoms with Crippen molar-refractivity contribution in [1.82, 2.24) is 4.90 Å². The van der Waals surface area contributed by atoms with Crippen LogP contribution >= 0.6 is 0 Å². The van der Waals surface area contributed by atoms with Crippen LogP contribution in [0.5, 0.6) is 0 Å². The van der Waals surface area contributed by atoms with Gasteiger partial charge in [-0.2, -0.15) is 0 Å². The fraction of sp³-hybridized carbons (Fsp3) is 0.800. The number of carboxylic acid groups (broad SMARTS) is 1. The van der Waals surface area contributed by atoms with Crippen LogP contribution in [0.25, 0.3) is 0 Å². The number of amides is 1. The molecule has 0 radical (unpaired) electrons. The van der Waals surface area contributed by atoms with Gasteiger partial charge in [0.2, 0.25) is 5.91 Å². The summed E-state index contributed by atoms with van der Waals surface area (Å²) in [5.41, 5.74) is 0. The van der Waals surface area contributed by atoms with Gasteiger partial charge in [0.1, 0.15) is 0 Å². The molecule has 1 aliphatic rings. The standard InChI is InChI=1S/C10H17NO3/c1-7(12)11(2)9-5-3-8(4-6-9)10(13)14/h8-9H,3-6H2,1-2H3,(H,13,14)/t8-,9-. The topological polar surface area (TPSA) is 57.6 Å². The average molecular weight is 199 g/mol. The third-order valence-electron chi connectivity index (χ3n) is 3.09. The van der Waals surface area contributed by atoms with E-state index in [-0.39, 0.29) is 17.9 Å². The first kappa shape index (κ1) is 11.0. The van der Waals surface area contributed by atoms with Crippen LogP contribution in [0.1, 0.15) is 32.6 Å². The van der Waals surface area contributed by atoms with Gasteiger partial charge in [0.05, 0.1) is 5.92 Å². The molecule has 1 rings (SSSR count). The van der Waals surface area contributed by atoms with Gasteiger partial charge < -0.3 is 10.0 Å². The van der Waals surface area contributed by atoms with Gasteiger partial charge in [0.15, 0.2) is 0 Å². The van der Waals surface area contributed by atoms with Crippen LogP contribution in [-0.2, 0) is 9.59 Å². The molecule has 0 bridgehead atoms. The van der Waals surface area contributed by atoms with Gasteiger partial charge in [-0.3, -0.25) is 9.59 Å². The van der Waals surface area contributed by atoms with Gasteiger partial charge in [0.25, 0.3) is 0 Å². The molecule has 0 aromatic heterocycles. The minimum absolute atomic E-state index is 0.0591. The summed E-state index contributed by atoms with van der Waals surface area (Å²) < 4.78 is 0. The van der Waals surface area contributed by atoms with E-state index in [1.807, 2.05) is 0 Å². The summed E-state index contributed by atoms with van der Waals surface area (Å²) in [5, 5.41) is 8.79. The minimum atomic E-state index is -0.700. The maximum atomic E-state index is 11.1. The van der Waals surface area contributed by atoms with Crippen LogP contribution in [0.2, 0.25) is 0 Å². The molecule has 14 heavy (non-hydrogen) atoms. The maximum Gasteiger partial charge on any atom is 0.306 e. The van der Waals surface area contributed by atoms with Crippen molar-refractivity contribution in [3.05, 3.63) is 0 Å². The molecule has 0 spiro atoms. The van der Waals surface area contributed by atoms with Crippen LogP contribution in [-0.4, -0.2) is 35.0 Å². The van der Waals surface area contributed by atoms with E-state index in [4.69, 9.17) is 5.11 Å². The molecule has 0 heterocycles. The van der Waals surface area contributed by atoms with E-state index in [1.54, 1.807) is 18.9 Å². The average Bonchev–Trinajstić information content (AvgIpc) is 2.16. The second kappa shape index (κ2) is 4.44. The van der Waals surface area contributed by atoms with Crippen molar-refractivity contribution in [3.63, 3.8) is 0 Å². The van der Waals surface area contributed by atoms with E-state index < -0.39 is 5.97 Å². The number of carboxylic acids is 1. The highest BCUT2D eigenvalue weighted by molar-refractivity contribution is 5.73. The Bertz CT molecular complexity index is 232. The Balaban J connectivity index is 2.43. The highest BCUT2D eigenvalue weighted by Crippen LogP contribution is 2.27. The second-order valence-corrected chi connectivity index (χ2v) is 3.97. The van der Waals surface area contributed by atoms with Crippen LogP contribution in [0.15, 0.2) is 0 Å². The van der Waals surface area contributed by atoms with E-state index in [1.165, 1.54) is 0 Å². The van der Waals surface area contributed by atoms with Crippen LogP contribution in [0, 0.1) is 5.92 Å². The highest BCUT2D eigenvalue weighted by Gasteiger charge is 2.28. The van der Waals surface area contributed by atoms with Crippen molar-refractivity contribution >= 4 is 11.9 Å². The lowest BCUT2D eigenvalue weighted by atomic mass is 9.85. The predicted octanol–water partition coefficient (Wildman–Crippen LogP) is 1.11. The Hall–Kier alpha value is -1.06. The predicted molar refractivity (Wildman–Crippen MR) is 51.8 cm³/mol. The third kappa shape index (κ3) is 2.47. The van der Waals surface area contributed by atoms with Gasteiger partial charge in [-0.25, -0.2) is 0 Å². The Kier molecular flexibility index (Phi) is 3.49. The molecule has 0 saturated heterocycles. The zero-order chi connectivity index (χ0) is 10.7. The first-order valence-electron chi connectivity index (χ1n) is 4.98. The molecule has 0 atom stereocenters. The van der Waals surface area contributed by atoms with Crippen molar-refractivity contribution in [1.29, 1.82) is 0 Å². The molecule has 4 heteroatoms. The molecule has 1 saturated carbocycles. The number of nitrogens with zero attached hydrogens (tertiary/aromatic N) is 1. The summed E-state index contributed by atoms with van der Waals surface area (Å²) >= 11 is 0. The normalized spacial score (nSPS) is 27.0. The zero-order valence-corrected chi connectivity index (χ0v) is 8.69. The molecule has 1 aliphatic carbocycles. The Morgan fingerprint density at radius 2 is 1.71 bits per heavy atom. The largest absolute Gasteiger partial charge is 0.481 e. The fourth-order valence-electron chi connectivity index (χ4n) is 1.97. The molecule has 4 nitrogen and oxygen atoms in total. The molecule has 80 valence electrons. The number of rotatable bonds is 2. The molecular formula is C10H17NO3. The number of carbonyl (C=O) groups excluding carboxylic acids is 1. The zero-order valence-electron chi connectivity index (χ0n) is 8.69. The first-order valence-corrected chi connectivity index (χ1v) is 4.98. The summed E-state index contributed by atoms with van der Waals surface area (Å²) in [6.07, 6.45) is 3.01.